The molecule has 0 radical (unpaired) electrons. The molecule has 0 aliphatic carbocycles. The molecule has 0 unspecified atom stereocenters. The Bertz CT molecular complexity index is 559. The predicted octanol–water partition coefficient (Wildman–Crippen LogP) is 2.84. The minimum atomic E-state index is -1.82. The van der Waals surface area contributed by atoms with Crippen molar-refractivity contribution >= 4 is 23.5 Å². The Morgan fingerprint density at radius 1 is 1.12 bits per heavy atom. The van der Waals surface area contributed by atoms with E-state index in [1.807, 2.05) is 18.2 Å². The van der Waals surface area contributed by atoms with Gasteiger partial charge < -0.3 is 25.0 Å². The first-order valence-corrected chi connectivity index (χ1v) is 8.64. The van der Waals surface area contributed by atoms with E-state index >= 15 is 0 Å². The number of aryl methyl sites for hydroxylation is 1. The largest absolute Gasteiger partial charge is 0.491 e. The number of aliphatic carboxylic acids is 2. The summed E-state index contributed by atoms with van der Waals surface area (Å²) in [6, 6.07) is 5.76. The van der Waals surface area contributed by atoms with Gasteiger partial charge in [0.25, 0.3) is 0 Å². The number of halogens is 1. The third kappa shape index (κ3) is 12.5. The average Bonchev–Trinajstić information content (AvgIpc) is 2.54. The lowest BCUT2D eigenvalue weighted by atomic mass is 10.1. The van der Waals surface area contributed by atoms with E-state index in [4.69, 9.17) is 40.9 Å². The lowest BCUT2D eigenvalue weighted by Crippen LogP contribution is -2.38. The van der Waals surface area contributed by atoms with Crippen molar-refractivity contribution in [3.63, 3.8) is 0 Å². The molecule has 26 heavy (non-hydrogen) atoms. The molecule has 0 atom stereocenters. The molecule has 8 heteroatoms. The fraction of sp³-hybridized carbons (Fsp3) is 0.556. The maximum Gasteiger partial charge on any atom is 0.414 e. The van der Waals surface area contributed by atoms with Crippen LogP contribution in [0.1, 0.15) is 33.3 Å². The smallest absolute Gasteiger partial charge is 0.414 e. The number of hydrogen-bond donors (Lipinski definition) is 3. The number of ether oxygens (including phenoxy) is 2. The van der Waals surface area contributed by atoms with Crippen LogP contribution >= 0.6 is 11.6 Å². The second kappa shape index (κ2) is 12.5. The van der Waals surface area contributed by atoms with Gasteiger partial charge >= 0.3 is 11.9 Å². The van der Waals surface area contributed by atoms with Gasteiger partial charge in [-0.05, 0) is 51.0 Å². The van der Waals surface area contributed by atoms with Gasteiger partial charge in [0.1, 0.15) is 12.4 Å². The molecule has 0 aromatic heterocycles. The standard InChI is InChI=1S/C16H26ClNO2.C2H2O4/c1-5-13-12-14(6-7-15(13)17)20-11-10-19-9-8-18-16(2,3)4;3-1(4)2(5)6/h6-7,12,18H,5,8-11H2,1-4H3;(H,3,4)(H,5,6). The molecule has 0 saturated heterocycles. The number of carbonyl (C=O) groups is 2. The number of carboxylic acid groups (broad SMARTS) is 2. The maximum absolute atomic E-state index is 9.10. The molecule has 1 aromatic rings. The zero-order chi connectivity index (χ0) is 20.2. The molecule has 0 aliphatic heterocycles. The SMILES string of the molecule is CCc1cc(OCCOCCNC(C)(C)C)ccc1Cl.O=C(O)C(=O)O. The molecule has 1 aromatic carbocycles. The number of hydrogen-bond acceptors (Lipinski definition) is 5. The van der Waals surface area contributed by atoms with Crippen molar-refractivity contribution in [1.29, 1.82) is 0 Å². The molecule has 148 valence electrons. The van der Waals surface area contributed by atoms with Gasteiger partial charge in [0.15, 0.2) is 0 Å². The summed E-state index contributed by atoms with van der Waals surface area (Å²) in [6.45, 7) is 11.2. The van der Waals surface area contributed by atoms with Crippen molar-refractivity contribution in [3.8, 4) is 5.75 Å². The lowest BCUT2D eigenvalue weighted by Gasteiger charge is -2.20. The van der Waals surface area contributed by atoms with Gasteiger partial charge in [0.05, 0.1) is 13.2 Å². The highest BCUT2D eigenvalue weighted by molar-refractivity contribution is 6.31. The number of benzene rings is 1. The Morgan fingerprint density at radius 2 is 1.73 bits per heavy atom. The van der Waals surface area contributed by atoms with Crippen LogP contribution in [0.5, 0.6) is 5.75 Å². The van der Waals surface area contributed by atoms with E-state index in [1.165, 1.54) is 0 Å². The molecule has 7 nitrogen and oxygen atoms in total. The van der Waals surface area contributed by atoms with Crippen LogP contribution in [0.4, 0.5) is 0 Å². The summed E-state index contributed by atoms with van der Waals surface area (Å²) in [5, 5.41) is 18.9. The van der Waals surface area contributed by atoms with Gasteiger partial charge in [0.2, 0.25) is 0 Å². The first-order chi connectivity index (χ1) is 12.1. The van der Waals surface area contributed by atoms with E-state index in [0.29, 0.717) is 19.8 Å². The predicted molar refractivity (Wildman–Crippen MR) is 100 cm³/mol. The Balaban J connectivity index is 0.000000896. The van der Waals surface area contributed by atoms with Crippen LogP contribution in [0.25, 0.3) is 0 Å². The first kappa shape index (κ1) is 24.2. The van der Waals surface area contributed by atoms with E-state index in [-0.39, 0.29) is 5.54 Å². The fourth-order valence-electron chi connectivity index (χ4n) is 1.73. The Morgan fingerprint density at radius 3 is 2.23 bits per heavy atom. The number of rotatable bonds is 8. The van der Waals surface area contributed by atoms with Gasteiger partial charge in [-0.2, -0.15) is 0 Å². The molecule has 0 fully saturated rings. The normalized spacial score (nSPS) is 10.7. The van der Waals surface area contributed by atoms with Crippen LogP contribution < -0.4 is 10.1 Å². The van der Waals surface area contributed by atoms with Gasteiger partial charge in [-0.1, -0.05) is 18.5 Å². The van der Waals surface area contributed by atoms with E-state index in [9.17, 15) is 0 Å². The van der Waals surface area contributed by atoms with Gasteiger partial charge in [-0.25, -0.2) is 9.59 Å². The van der Waals surface area contributed by atoms with E-state index in [0.717, 1.165) is 29.3 Å². The van der Waals surface area contributed by atoms with Crippen molar-refractivity contribution < 1.29 is 29.3 Å². The van der Waals surface area contributed by atoms with Crippen LogP contribution in [0, 0.1) is 0 Å². The molecular formula is C18H28ClNO6. The second-order valence-corrected chi connectivity index (χ2v) is 6.76. The van der Waals surface area contributed by atoms with Gasteiger partial charge in [0, 0.05) is 17.1 Å². The van der Waals surface area contributed by atoms with Crippen LogP contribution in [-0.2, 0) is 20.7 Å². The van der Waals surface area contributed by atoms with Gasteiger partial charge in [-0.3, -0.25) is 0 Å². The Labute approximate surface area is 159 Å². The summed E-state index contributed by atoms with van der Waals surface area (Å²) in [5.74, 6) is -2.80. The second-order valence-electron chi connectivity index (χ2n) is 6.35. The van der Waals surface area contributed by atoms with Crippen LogP contribution in [0.2, 0.25) is 5.02 Å². The van der Waals surface area contributed by atoms with Gasteiger partial charge in [-0.15, -0.1) is 0 Å². The van der Waals surface area contributed by atoms with Crippen molar-refractivity contribution in [2.45, 2.75) is 39.7 Å². The highest BCUT2D eigenvalue weighted by atomic mass is 35.5. The van der Waals surface area contributed by atoms with Crippen LogP contribution in [-0.4, -0.2) is 54.1 Å². The first-order valence-electron chi connectivity index (χ1n) is 8.27. The van der Waals surface area contributed by atoms with Crippen molar-refractivity contribution in [2.75, 3.05) is 26.4 Å². The minimum absolute atomic E-state index is 0.139. The molecule has 0 aliphatic rings. The zero-order valence-corrected chi connectivity index (χ0v) is 16.4. The van der Waals surface area contributed by atoms with Crippen molar-refractivity contribution in [1.82, 2.24) is 5.32 Å². The highest BCUT2D eigenvalue weighted by Gasteiger charge is 2.07. The van der Waals surface area contributed by atoms with E-state index in [2.05, 4.69) is 33.0 Å². The van der Waals surface area contributed by atoms with Crippen LogP contribution in [0.3, 0.4) is 0 Å². The molecular weight excluding hydrogens is 362 g/mol. The maximum atomic E-state index is 9.10. The molecule has 0 spiro atoms. The topological polar surface area (TPSA) is 105 Å². The van der Waals surface area contributed by atoms with Crippen LogP contribution in [0.15, 0.2) is 18.2 Å². The highest BCUT2D eigenvalue weighted by Crippen LogP contribution is 2.22. The molecule has 1 rings (SSSR count). The molecule has 0 heterocycles. The van der Waals surface area contributed by atoms with Crippen molar-refractivity contribution in [2.24, 2.45) is 0 Å². The van der Waals surface area contributed by atoms with E-state index < -0.39 is 11.9 Å². The monoisotopic (exact) mass is 389 g/mol. The quantitative estimate of drug-likeness (QED) is 0.463. The minimum Gasteiger partial charge on any atom is -0.491 e. The summed E-state index contributed by atoms with van der Waals surface area (Å²) in [7, 11) is 0. The third-order valence-electron chi connectivity index (χ3n) is 2.98. The Hall–Kier alpha value is -1.83. The molecule has 0 saturated carbocycles. The Kier molecular flexibility index (Phi) is 11.6. The number of nitrogens with one attached hydrogen (secondary N) is 1. The number of carboxylic acids is 2. The summed E-state index contributed by atoms with van der Waals surface area (Å²) >= 11 is 6.06. The average molecular weight is 390 g/mol. The van der Waals surface area contributed by atoms with Crippen molar-refractivity contribution in [3.05, 3.63) is 28.8 Å². The fourth-order valence-corrected chi connectivity index (χ4v) is 1.98. The lowest BCUT2D eigenvalue weighted by molar-refractivity contribution is -0.159. The molecule has 0 amide bonds. The summed E-state index contributed by atoms with van der Waals surface area (Å²) in [5.41, 5.74) is 1.25. The van der Waals surface area contributed by atoms with E-state index in [1.54, 1.807) is 0 Å². The molecule has 0 bridgehead atoms. The third-order valence-corrected chi connectivity index (χ3v) is 3.35. The summed E-state index contributed by atoms with van der Waals surface area (Å²) < 4.78 is 11.2. The summed E-state index contributed by atoms with van der Waals surface area (Å²) in [6.07, 6.45) is 0.908. The summed E-state index contributed by atoms with van der Waals surface area (Å²) in [4.78, 5) is 18.2. The molecule has 3 N–H and O–H groups in total. The zero-order valence-electron chi connectivity index (χ0n) is 15.7.